The Labute approximate surface area is 85.1 Å². The van der Waals surface area contributed by atoms with E-state index < -0.39 is 0 Å². The second-order valence-corrected chi connectivity index (χ2v) is 4.17. The maximum atomic E-state index is 4.97. The number of likely N-dealkylation sites (N-methyl/N-ethyl adjacent to an activating group) is 1. The van der Waals surface area contributed by atoms with Gasteiger partial charge in [-0.1, -0.05) is 5.16 Å². The normalized spacial score (nSPS) is 12.0. The van der Waals surface area contributed by atoms with Gasteiger partial charge in [-0.05, 0) is 27.8 Å². The van der Waals surface area contributed by atoms with Crippen molar-refractivity contribution in [2.24, 2.45) is 0 Å². The summed E-state index contributed by atoms with van der Waals surface area (Å²) in [5, 5.41) is 10.5. The number of nitrogens with one attached hydrogen (secondary N) is 2. The average molecular weight is 197 g/mol. The van der Waals surface area contributed by atoms with Crippen molar-refractivity contribution in [2.45, 2.75) is 32.9 Å². The Kier molecular flexibility index (Phi) is 3.66. The summed E-state index contributed by atoms with van der Waals surface area (Å²) in [6.45, 7) is 7.84. The molecule has 0 amide bonds. The van der Waals surface area contributed by atoms with Crippen LogP contribution in [0.5, 0.6) is 0 Å². The van der Waals surface area contributed by atoms with Crippen LogP contribution < -0.4 is 10.6 Å². The molecule has 0 radical (unpaired) electrons. The van der Waals surface area contributed by atoms with E-state index >= 15 is 0 Å². The summed E-state index contributed by atoms with van der Waals surface area (Å²) in [6, 6.07) is 1.94. The summed E-state index contributed by atoms with van der Waals surface area (Å²) in [5.41, 5.74) is 1.06. The van der Waals surface area contributed by atoms with Crippen molar-refractivity contribution < 1.29 is 4.52 Å². The van der Waals surface area contributed by atoms with Gasteiger partial charge in [0.15, 0.2) is 0 Å². The molecule has 0 aliphatic rings. The maximum Gasteiger partial charge on any atom is 0.133 e. The third-order valence-corrected chi connectivity index (χ3v) is 2.23. The monoisotopic (exact) mass is 197 g/mol. The van der Waals surface area contributed by atoms with Crippen molar-refractivity contribution >= 4 is 0 Å². The second kappa shape index (κ2) is 4.57. The Bertz CT molecular complexity index is 281. The van der Waals surface area contributed by atoms with E-state index in [1.807, 2.05) is 20.0 Å². The standard InChI is InChI=1S/C10H19N3O/c1-8-5-9(13-14-8)6-12-7-10(2,3)11-4/h5,11-12H,6-7H2,1-4H3. The summed E-state index contributed by atoms with van der Waals surface area (Å²) >= 11 is 0. The van der Waals surface area contributed by atoms with Crippen LogP contribution in [0.3, 0.4) is 0 Å². The van der Waals surface area contributed by atoms with Gasteiger partial charge in [0.1, 0.15) is 5.76 Å². The van der Waals surface area contributed by atoms with E-state index in [1.54, 1.807) is 0 Å². The quantitative estimate of drug-likeness (QED) is 0.741. The lowest BCUT2D eigenvalue weighted by Gasteiger charge is -2.23. The van der Waals surface area contributed by atoms with Crippen molar-refractivity contribution in [1.82, 2.24) is 15.8 Å². The summed E-state index contributed by atoms with van der Waals surface area (Å²) in [7, 11) is 1.96. The van der Waals surface area contributed by atoms with Crippen LogP contribution in [0.25, 0.3) is 0 Å². The first-order chi connectivity index (χ1) is 6.53. The molecule has 0 bridgehead atoms. The Morgan fingerprint density at radius 2 is 2.21 bits per heavy atom. The number of nitrogens with zero attached hydrogens (tertiary/aromatic N) is 1. The van der Waals surface area contributed by atoms with Gasteiger partial charge in [0.25, 0.3) is 0 Å². The average Bonchev–Trinajstić information content (AvgIpc) is 2.51. The lowest BCUT2D eigenvalue weighted by molar-refractivity contribution is 0.373. The number of hydrogen-bond donors (Lipinski definition) is 2. The number of hydrogen-bond acceptors (Lipinski definition) is 4. The number of aromatic nitrogens is 1. The van der Waals surface area contributed by atoms with Crippen molar-refractivity contribution in [1.29, 1.82) is 0 Å². The highest BCUT2D eigenvalue weighted by atomic mass is 16.5. The van der Waals surface area contributed by atoms with E-state index in [-0.39, 0.29) is 5.54 Å². The van der Waals surface area contributed by atoms with Gasteiger partial charge in [-0.25, -0.2) is 0 Å². The molecular formula is C10H19N3O. The molecule has 0 fully saturated rings. The predicted molar refractivity (Wildman–Crippen MR) is 56.1 cm³/mol. The van der Waals surface area contributed by atoms with Crippen LogP contribution in [-0.4, -0.2) is 24.3 Å². The molecule has 0 aromatic carbocycles. The van der Waals surface area contributed by atoms with Crippen LogP contribution in [0.1, 0.15) is 25.3 Å². The number of aryl methyl sites for hydroxylation is 1. The molecule has 1 heterocycles. The first kappa shape index (κ1) is 11.2. The molecular weight excluding hydrogens is 178 g/mol. The maximum absolute atomic E-state index is 4.97. The SMILES string of the molecule is CNC(C)(C)CNCc1cc(C)on1. The Hall–Kier alpha value is -0.870. The first-order valence-corrected chi connectivity index (χ1v) is 4.85. The molecule has 0 saturated carbocycles. The third-order valence-electron chi connectivity index (χ3n) is 2.23. The minimum Gasteiger partial charge on any atom is -0.361 e. The Morgan fingerprint density at radius 1 is 1.50 bits per heavy atom. The zero-order chi connectivity index (χ0) is 10.6. The summed E-state index contributed by atoms with van der Waals surface area (Å²) in [4.78, 5) is 0. The van der Waals surface area contributed by atoms with Gasteiger partial charge in [0.05, 0.1) is 5.69 Å². The smallest absolute Gasteiger partial charge is 0.133 e. The minimum absolute atomic E-state index is 0.110. The van der Waals surface area contributed by atoms with Crippen LogP contribution in [0.15, 0.2) is 10.6 Å². The highest BCUT2D eigenvalue weighted by molar-refractivity contribution is 5.03. The van der Waals surface area contributed by atoms with Gasteiger partial charge in [-0.3, -0.25) is 0 Å². The lowest BCUT2D eigenvalue weighted by Crippen LogP contribution is -2.45. The molecule has 0 saturated heterocycles. The summed E-state index contributed by atoms with van der Waals surface area (Å²) < 4.78 is 4.97. The van der Waals surface area contributed by atoms with Crippen molar-refractivity contribution in [3.05, 3.63) is 17.5 Å². The minimum atomic E-state index is 0.110. The highest BCUT2D eigenvalue weighted by Crippen LogP contribution is 2.02. The second-order valence-electron chi connectivity index (χ2n) is 4.17. The van der Waals surface area contributed by atoms with E-state index in [1.165, 1.54) is 0 Å². The largest absolute Gasteiger partial charge is 0.361 e. The van der Waals surface area contributed by atoms with Crippen molar-refractivity contribution in [3.63, 3.8) is 0 Å². The fourth-order valence-electron chi connectivity index (χ4n) is 1.09. The molecule has 14 heavy (non-hydrogen) atoms. The summed E-state index contributed by atoms with van der Waals surface area (Å²) in [5.74, 6) is 0.856. The Morgan fingerprint density at radius 3 is 2.71 bits per heavy atom. The van der Waals surface area contributed by atoms with E-state index in [9.17, 15) is 0 Å². The molecule has 0 unspecified atom stereocenters. The van der Waals surface area contributed by atoms with E-state index in [4.69, 9.17) is 4.52 Å². The van der Waals surface area contributed by atoms with Crippen LogP contribution >= 0.6 is 0 Å². The molecule has 4 heteroatoms. The Balaban J connectivity index is 2.28. The zero-order valence-electron chi connectivity index (χ0n) is 9.35. The fourth-order valence-corrected chi connectivity index (χ4v) is 1.09. The van der Waals surface area contributed by atoms with Crippen molar-refractivity contribution in [3.8, 4) is 0 Å². The first-order valence-electron chi connectivity index (χ1n) is 4.85. The topological polar surface area (TPSA) is 50.1 Å². The van der Waals surface area contributed by atoms with Crippen molar-refractivity contribution in [2.75, 3.05) is 13.6 Å². The van der Waals surface area contributed by atoms with E-state index in [0.717, 1.165) is 24.5 Å². The fraction of sp³-hybridized carbons (Fsp3) is 0.700. The van der Waals surface area contributed by atoms with E-state index in [0.29, 0.717) is 0 Å². The van der Waals surface area contributed by atoms with Crippen LogP contribution in [-0.2, 0) is 6.54 Å². The molecule has 2 N–H and O–H groups in total. The van der Waals surface area contributed by atoms with Gasteiger partial charge in [-0.15, -0.1) is 0 Å². The lowest BCUT2D eigenvalue weighted by atomic mass is 10.1. The van der Waals surface area contributed by atoms with Gasteiger partial charge in [0, 0.05) is 24.7 Å². The molecule has 80 valence electrons. The molecule has 0 spiro atoms. The van der Waals surface area contributed by atoms with Gasteiger partial charge in [0.2, 0.25) is 0 Å². The predicted octanol–water partition coefficient (Wildman–Crippen LogP) is 1.07. The van der Waals surface area contributed by atoms with Crippen LogP contribution in [0, 0.1) is 6.92 Å². The molecule has 1 aromatic heterocycles. The van der Waals surface area contributed by atoms with Gasteiger partial charge < -0.3 is 15.2 Å². The van der Waals surface area contributed by atoms with Gasteiger partial charge in [-0.2, -0.15) is 0 Å². The summed E-state index contributed by atoms with van der Waals surface area (Å²) in [6.07, 6.45) is 0. The highest BCUT2D eigenvalue weighted by Gasteiger charge is 2.13. The molecule has 0 aliphatic heterocycles. The van der Waals surface area contributed by atoms with Crippen LogP contribution in [0.2, 0.25) is 0 Å². The van der Waals surface area contributed by atoms with E-state index in [2.05, 4.69) is 29.6 Å². The van der Waals surface area contributed by atoms with Gasteiger partial charge >= 0.3 is 0 Å². The molecule has 4 nitrogen and oxygen atoms in total. The molecule has 0 aliphatic carbocycles. The van der Waals surface area contributed by atoms with Crippen LogP contribution in [0.4, 0.5) is 0 Å². The molecule has 0 atom stereocenters. The molecule has 1 aromatic rings. The number of rotatable bonds is 5. The molecule has 1 rings (SSSR count). The zero-order valence-corrected chi connectivity index (χ0v) is 9.35. The third kappa shape index (κ3) is 3.47.